The number of unbranched alkanes of at least 4 members (excludes halogenated alkanes) is 2. The predicted molar refractivity (Wildman–Crippen MR) is 91.9 cm³/mol. The number of hydrogen-bond acceptors (Lipinski definition) is 3. The zero-order valence-electron chi connectivity index (χ0n) is 13.4. The number of nitrogens with two attached hydrogens (primary N) is 1. The second-order valence-electron chi connectivity index (χ2n) is 6.09. The first-order chi connectivity index (χ1) is 9.89. The number of aryl methyl sites for hydroxylation is 2. The van der Waals surface area contributed by atoms with Crippen molar-refractivity contribution in [3.05, 3.63) is 27.7 Å². The maximum Gasteiger partial charge on any atom is 0.136 e. The molecular weight excluding hydrogens is 330 g/mol. The zero-order chi connectivity index (χ0) is 15.9. The third-order valence-corrected chi connectivity index (χ3v) is 4.22. The van der Waals surface area contributed by atoms with Crippen LogP contribution >= 0.6 is 15.9 Å². The van der Waals surface area contributed by atoms with Crippen molar-refractivity contribution in [2.75, 3.05) is 13.2 Å². The number of benzene rings is 1. The molecule has 3 N–H and O–H groups in total. The van der Waals surface area contributed by atoms with Crippen LogP contribution in [0.1, 0.15) is 50.7 Å². The molecule has 0 radical (unpaired) electrons. The average molecular weight is 358 g/mol. The van der Waals surface area contributed by atoms with Crippen LogP contribution < -0.4 is 10.5 Å². The van der Waals surface area contributed by atoms with Crippen LogP contribution in [-0.4, -0.2) is 23.9 Å². The fourth-order valence-corrected chi connectivity index (χ4v) is 2.89. The van der Waals surface area contributed by atoms with Crippen molar-refractivity contribution in [3.63, 3.8) is 0 Å². The van der Waals surface area contributed by atoms with Gasteiger partial charge in [0.2, 0.25) is 0 Å². The number of hydrogen-bond donors (Lipinski definition) is 2. The van der Waals surface area contributed by atoms with Crippen LogP contribution in [0, 0.1) is 6.92 Å². The van der Waals surface area contributed by atoms with E-state index in [-0.39, 0.29) is 6.61 Å². The molecule has 120 valence electrons. The Morgan fingerprint density at radius 1 is 1.33 bits per heavy atom. The van der Waals surface area contributed by atoms with Gasteiger partial charge < -0.3 is 15.6 Å². The minimum atomic E-state index is -0.518. The van der Waals surface area contributed by atoms with Gasteiger partial charge in [0, 0.05) is 5.54 Å². The maximum absolute atomic E-state index is 9.21. The summed E-state index contributed by atoms with van der Waals surface area (Å²) in [4.78, 5) is 0. The van der Waals surface area contributed by atoms with Gasteiger partial charge in [0.1, 0.15) is 5.75 Å². The lowest BCUT2D eigenvalue weighted by atomic mass is 9.94. The molecule has 21 heavy (non-hydrogen) atoms. The molecule has 0 aromatic heterocycles. The van der Waals surface area contributed by atoms with E-state index >= 15 is 0 Å². The number of aliphatic hydroxyl groups is 1. The van der Waals surface area contributed by atoms with Crippen LogP contribution in [0.15, 0.2) is 16.6 Å². The molecule has 4 heteroatoms. The molecule has 0 saturated carbocycles. The van der Waals surface area contributed by atoms with E-state index in [1.807, 2.05) is 6.92 Å². The quantitative estimate of drug-likeness (QED) is 0.657. The normalized spacial score (nSPS) is 14.0. The van der Waals surface area contributed by atoms with Crippen molar-refractivity contribution < 1.29 is 9.84 Å². The summed E-state index contributed by atoms with van der Waals surface area (Å²) in [7, 11) is 0. The Hall–Kier alpha value is -0.580. The Morgan fingerprint density at radius 2 is 2.05 bits per heavy atom. The molecule has 0 aliphatic heterocycles. The summed E-state index contributed by atoms with van der Waals surface area (Å²) in [6.45, 7) is 6.90. The molecule has 1 atom stereocenters. The lowest BCUT2D eigenvalue weighted by Crippen LogP contribution is -2.40. The van der Waals surface area contributed by atoms with E-state index in [1.54, 1.807) is 0 Å². The second kappa shape index (κ2) is 8.76. The summed E-state index contributed by atoms with van der Waals surface area (Å²) in [6.07, 6.45) is 5.09. The molecule has 0 aliphatic rings. The monoisotopic (exact) mass is 357 g/mol. The highest BCUT2D eigenvalue weighted by molar-refractivity contribution is 9.10. The molecule has 0 bridgehead atoms. The highest BCUT2D eigenvalue weighted by atomic mass is 79.9. The topological polar surface area (TPSA) is 55.5 Å². The first-order valence-electron chi connectivity index (χ1n) is 7.71. The predicted octanol–water partition coefficient (Wildman–Crippen LogP) is 3.97. The molecule has 1 rings (SSSR count). The summed E-state index contributed by atoms with van der Waals surface area (Å²) in [5.41, 5.74) is 7.81. The lowest BCUT2D eigenvalue weighted by molar-refractivity contribution is 0.200. The summed E-state index contributed by atoms with van der Waals surface area (Å²) >= 11 is 3.60. The van der Waals surface area contributed by atoms with E-state index < -0.39 is 5.54 Å². The van der Waals surface area contributed by atoms with Gasteiger partial charge in [-0.05, 0) is 66.2 Å². The van der Waals surface area contributed by atoms with E-state index in [0.717, 1.165) is 41.7 Å². The lowest BCUT2D eigenvalue weighted by Gasteiger charge is -2.22. The molecule has 1 aromatic rings. The van der Waals surface area contributed by atoms with Gasteiger partial charge in [-0.3, -0.25) is 0 Å². The van der Waals surface area contributed by atoms with Crippen molar-refractivity contribution in [2.24, 2.45) is 5.73 Å². The maximum atomic E-state index is 9.21. The number of ether oxygens (including phenoxy) is 1. The van der Waals surface area contributed by atoms with Crippen LogP contribution in [-0.2, 0) is 6.42 Å². The molecule has 0 aliphatic carbocycles. The first kappa shape index (κ1) is 18.5. The van der Waals surface area contributed by atoms with Crippen molar-refractivity contribution in [2.45, 2.75) is 58.4 Å². The minimum Gasteiger partial charge on any atom is -0.492 e. The van der Waals surface area contributed by atoms with Crippen molar-refractivity contribution in [1.29, 1.82) is 0 Å². The summed E-state index contributed by atoms with van der Waals surface area (Å²) in [5, 5.41) is 9.21. The van der Waals surface area contributed by atoms with Crippen molar-refractivity contribution in [1.82, 2.24) is 0 Å². The summed E-state index contributed by atoms with van der Waals surface area (Å²) in [5.74, 6) is 0.938. The van der Waals surface area contributed by atoms with E-state index in [2.05, 4.69) is 41.9 Å². The van der Waals surface area contributed by atoms with E-state index in [9.17, 15) is 5.11 Å². The third kappa shape index (κ3) is 6.37. The largest absolute Gasteiger partial charge is 0.492 e. The van der Waals surface area contributed by atoms with Gasteiger partial charge in [-0.25, -0.2) is 0 Å². The molecule has 1 aromatic carbocycles. The molecule has 0 saturated heterocycles. The van der Waals surface area contributed by atoms with Crippen LogP contribution in [0.5, 0.6) is 5.75 Å². The zero-order valence-corrected chi connectivity index (χ0v) is 15.0. The van der Waals surface area contributed by atoms with E-state index in [0.29, 0.717) is 0 Å². The van der Waals surface area contributed by atoms with Gasteiger partial charge in [0.25, 0.3) is 0 Å². The molecule has 0 fully saturated rings. The van der Waals surface area contributed by atoms with Gasteiger partial charge in [-0.1, -0.05) is 25.8 Å². The Kier molecular flexibility index (Phi) is 7.71. The van der Waals surface area contributed by atoms with Gasteiger partial charge in [-0.15, -0.1) is 0 Å². The Balaban J connectivity index is 2.66. The summed E-state index contributed by atoms with van der Waals surface area (Å²) < 4.78 is 6.88. The van der Waals surface area contributed by atoms with Crippen LogP contribution in [0.2, 0.25) is 0 Å². The van der Waals surface area contributed by atoms with Gasteiger partial charge in [-0.2, -0.15) is 0 Å². The summed E-state index contributed by atoms with van der Waals surface area (Å²) in [6, 6.07) is 4.24. The van der Waals surface area contributed by atoms with Crippen LogP contribution in [0.3, 0.4) is 0 Å². The Bertz CT molecular complexity index is 423. The number of halogens is 1. The molecule has 0 heterocycles. The van der Waals surface area contributed by atoms with Crippen LogP contribution in [0.25, 0.3) is 0 Å². The fourth-order valence-electron chi connectivity index (χ4n) is 2.16. The second-order valence-corrected chi connectivity index (χ2v) is 6.95. The SMILES string of the molecule is CCCCCOc1c(C)cc(CCC(C)(N)CO)cc1Br. The van der Waals surface area contributed by atoms with E-state index in [4.69, 9.17) is 10.5 Å². The fraction of sp³-hybridized carbons (Fsp3) is 0.647. The number of aliphatic hydroxyl groups excluding tert-OH is 1. The first-order valence-corrected chi connectivity index (χ1v) is 8.50. The van der Waals surface area contributed by atoms with Crippen molar-refractivity contribution in [3.8, 4) is 5.75 Å². The smallest absolute Gasteiger partial charge is 0.136 e. The van der Waals surface area contributed by atoms with Crippen LogP contribution in [0.4, 0.5) is 0 Å². The number of rotatable bonds is 9. The van der Waals surface area contributed by atoms with Gasteiger partial charge >= 0.3 is 0 Å². The minimum absolute atomic E-state index is 0.00573. The molecule has 0 spiro atoms. The van der Waals surface area contributed by atoms with E-state index in [1.165, 1.54) is 18.4 Å². The van der Waals surface area contributed by atoms with Crippen molar-refractivity contribution >= 4 is 15.9 Å². The standard InChI is InChI=1S/C17H28BrNO2/c1-4-5-6-9-21-16-13(2)10-14(11-15(16)18)7-8-17(3,19)12-20/h10-11,20H,4-9,12,19H2,1-3H3. The molecule has 0 amide bonds. The Morgan fingerprint density at radius 3 is 2.62 bits per heavy atom. The van der Waals surface area contributed by atoms with Gasteiger partial charge in [0.05, 0.1) is 17.7 Å². The highest BCUT2D eigenvalue weighted by Gasteiger charge is 2.17. The van der Waals surface area contributed by atoms with Gasteiger partial charge in [0.15, 0.2) is 0 Å². The molecule has 3 nitrogen and oxygen atoms in total. The molecule has 1 unspecified atom stereocenters. The highest BCUT2D eigenvalue weighted by Crippen LogP contribution is 2.31. The average Bonchev–Trinajstić information content (AvgIpc) is 2.44. The Labute approximate surface area is 137 Å². The third-order valence-electron chi connectivity index (χ3n) is 3.63. The molecular formula is C17H28BrNO2.